The third-order valence-corrected chi connectivity index (χ3v) is 9.45. The highest BCUT2D eigenvalue weighted by Gasteiger charge is 2.50. The van der Waals surface area contributed by atoms with Gasteiger partial charge in [-0.05, 0) is 12.1 Å². The van der Waals surface area contributed by atoms with Crippen LogP contribution in [-0.4, -0.2) is 72.0 Å². The maximum atomic E-state index is 6.00. The molecule has 1 aliphatic heterocycles. The van der Waals surface area contributed by atoms with Crippen molar-refractivity contribution >= 4 is 17.6 Å². The predicted molar refractivity (Wildman–Crippen MR) is 80.8 cm³/mol. The van der Waals surface area contributed by atoms with Crippen molar-refractivity contribution in [2.45, 2.75) is 18.6 Å². The Morgan fingerprint density at radius 3 is 2.19 bits per heavy atom. The van der Waals surface area contributed by atoms with E-state index in [-0.39, 0.29) is 6.10 Å². The van der Waals surface area contributed by atoms with E-state index in [4.69, 9.17) is 31.3 Å². The fraction of sp³-hybridized carbons (Fsp3) is 0.833. The molecule has 0 aromatic heterocycles. The van der Waals surface area contributed by atoms with Crippen molar-refractivity contribution < 1.29 is 31.3 Å². The van der Waals surface area contributed by atoms with E-state index >= 15 is 0 Å². The van der Waals surface area contributed by atoms with Crippen LogP contribution in [0.3, 0.4) is 0 Å². The Morgan fingerprint density at radius 2 is 1.76 bits per heavy atom. The molecule has 0 aliphatic carbocycles. The molecule has 0 aromatic carbocycles. The van der Waals surface area contributed by atoms with Gasteiger partial charge >= 0.3 is 17.6 Å². The fourth-order valence-corrected chi connectivity index (χ4v) is 7.24. The topological polar surface area (TPSA) is 67.9 Å². The van der Waals surface area contributed by atoms with Crippen LogP contribution in [0.15, 0.2) is 12.3 Å². The summed E-state index contributed by atoms with van der Waals surface area (Å²) in [5.41, 5.74) is 1.56. The Morgan fingerprint density at radius 1 is 1.14 bits per heavy atom. The van der Waals surface area contributed by atoms with Gasteiger partial charge in [-0.15, -0.1) is 0 Å². The van der Waals surface area contributed by atoms with Crippen LogP contribution in [0.1, 0.15) is 6.42 Å². The van der Waals surface area contributed by atoms with Gasteiger partial charge in [-0.25, -0.2) is 0 Å². The van der Waals surface area contributed by atoms with E-state index in [1.54, 1.807) is 19.9 Å². The van der Waals surface area contributed by atoms with Crippen LogP contribution in [-0.2, 0) is 31.3 Å². The number of hydrogen-bond donors (Lipinski definition) is 0. The number of ether oxygens (including phenoxy) is 2. The lowest BCUT2D eigenvalue weighted by Gasteiger charge is -2.33. The van der Waals surface area contributed by atoms with Crippen molar-refractivity contribution in [1.29, 1.82) is 0 Å². The molecule has 0 radical (unpaired) electrons. The minimum atomic E-state index is -2.96. The van der Waals surface area contributed by atoms with Gasteiger partial charge in [0.1, 0.15) is 6.10 Å². The smallest absolute Gasteiger partial charge is 0.379 e. The van der Waals surface area contributed by atoms with Crippen molar-refractivity contribution in [3.63, 3.8) is 0 Å². The zero-order chi connectivity index (χ0) is 15.8. The molecule has 1 atom stereocenters. The molecule has 0 amide bonds. The summed E-state index contributed by atoms with van der Waals surface area (Å²) in [4.78, 5) is 0. The lowest BCUT2D eigenvalue weighted by molar-refractivity contribution is 0.0866. The first-order chi connectivity index (χ1) is 10.1. The second-order valence-electron chi connectivity index (χ2n) is 4.54. The summed E-state index contributed by atoms with van der Waals surface area (Å²) in [6.07, 6.45) is 1.03. The average Bonchev–Trinajstić information content (AvgIpc) is 3.35. The number of epoxide rings is 1. The molecule has 1 rings (SSSR count). The normalized spacial score (nSPS) is 18.8. The highest BCUT2D eigenvalue weighted by atomic mass is 28.5. The van der Waals surface area contributed by atoms with Crippen molar-refractivity contribution in [3.8, 4) is 0 Å². The third-order valence-electron chi connectivity index (χ3n) is 3.22. The van der Waals surface area contributed by atoms with Crippen LogP contribution < -0.4 is 0 Å². The molecule has 0 bridgehead atoms. The fourth-order valence-electron chi connectivity index (χ4n) is 1.78. The standard InChI is InChI=1S/C12H26O7Si2/c1-6-20(13-2,14-3)19-21(15-4,16-5)9-7-8-17-10-12-11-18-12/h6,12H,1,7-11H2,2-5H3. The molecule has 1 aliphatic rings. The summed E-state index contributed by atoms with van der Waals surface area (Å²) in [7, 11) is 0.370. The molecule has 0 N–H and O–H groups in total. The summed E-state index contributed by atoms with van der Waals surface area (Å²) in [6, 6.07) is 0.612. The van der Waals surface area contributed by atoms with Gasteiger partial charge in [-0.3, -0.25) is 0 Å². The quantitative estimate of drug-likeness (QED) is 0.282. The molecule has 1 saturated heterocycles. The monoisotopic (exact) mass is 338 g/mol. The van der Waals surface area contributed by atoms with Gasteiger partial charge in [0.05, 0.1) is 13.2 Å². The Bertz CT molecular complexity index is 304. The zero-order valence-corrected chi connectivity index (χ0v) is 15.3. The average molecular weight is 339 g/mol. The summed E-state index contributed by atoms with van der Waals surface area (Å²) < 4.78 is 38.4. The van der Waals surface area contributed by atoms with Gasteiger partial charge in [-0.1, -0.05) is 6.58 Å². The molecule has 7 nitrogen and oxygen atoms in total. The second-order valence-corrected chi connectivity index (χ2v) is 10.5. The Hall–Kier alpha value is -0.106. The minimum Gasteiger partial charge on any atom is -0.379 e. The number of hydrogen-bond acceptors (Lipinski definition) is 7. The summed E-state index contributed by atoms with van der Waals surface area (Å²) in [5.74, 6) is 0. The predicted octanol–water partition coefficient (Wildman–Crippen LogP) is 0.997. The van der Waals surface area contributed by atoms with Crippen LogP contribution in [0, 0.1) is 0 Å². The van der Waals surface area contributed by atoms with Gasteiger partial charge in [0.15, 0.2) is 0 Å². The SMILES string of the molecule is C=C[Si](OC)(OC)O[Si](CCCOCC1CO1)(OC)OC. The Kier molecular flexibility index (Phi) is 8.23. The molecule has 124 valence electrons. The van der Waals surface area contributed by atoms with E-state index in [1.165, 1.54) is 14.2 Å². The molecule has 9 heteroatoms. The van der Waals surface area contributed by atoms with E-state index in [9.17, 15) is 0 Å². The van der Waals surface area contributed by atoms with Crippen molar-refractivity contribution in [1.82, 2.24) is 0 Å². The summed E-state index contributed by atoms with van der Waals surface area (Å²) >= 11 is 0. The minimum absolute atomic E-state index is 0.274. The molecule has 1 heterocycles. The van der Waals surface area contributed by atoms with Crippen LogP contribution in [0.25, 0.3) is 0 Å². The largest absolute Gasteiger partial charge is 0.521 e. The molecule has 0 saturated carbocycles. The van der Waals surface area contributed by atoms with E-state index in [0.717, 1.165) is 13.0 Å². The maximum absolute atomic E-state index is 6.00. The first-order valence-electron chi connectivity index (χ1n) is 6.83. The second kappa shape index (κ2) is 9.13. The lowest BCUT2D eigenvalue weighted by Crippen LogP contribution is -2.56. The van der Waals surface area contributed by atoms with Crippen LogP contribution in [0.4, 0.5) is 0 Å². The van der Waals surface area contributed by atoms with Crippen LogP contribution in [0.5, 0.6) is 0 Å². The van der Waals surface area contributed by atoms with Crippen molar-refractivity contribution in [2.24, 2.45) is 0 Å². The molecule has 1 fully saturated rings. The van der Waals surface area contributed by atoms with Gasteiger partial charge in [-0.2, -0.15) is 0 Å². The van der Waals surface area contributed by atoms with Gasteiger partial charge in [0, 0.05) is 41.1 Å². The van der Waals surface area contributed by atoms with Crippen LogP contribution >= 0.6 is 0 Å². The molecule has 0 aromatic rings. The van der Waals surface area contributed by atoms with Crippen LogP contribution in [0.2, 0.25) is 6.04 Å². The van der Waals surface area contributed by atoms with E-state index in [2.05, 4.69) is 6.58 Å². The highest BCUT2D eigenvalue weighted by Crippen LogP contribution is 2.23. The molecule has 1 unspecified atom stereocenters. The maximum Gasteiger partial charge on any atom is 0.521 e. The summed E-state index contributed by atoms with van der Waals surface area (Å²) in [6.45, 7) is 5.76. The highest BCUT2D eigenvalue weighted by molar-refractivity contribution is 6.77. The Balaban J connectivity index is 2.48. The summed E-state index contributed by atoms with van der Waals surface area (Å²) in [5, 5.41) is 0. The van der Waals surface area contributed by atoms with E-state index in [1.807, 2.05) is 0 Å². The molecular weight excluding hydrogens is 312 g/mol. The van der Waals surface area contributed by atoms with E-state index in [0.29, 0.717) is 19.3 Å². The first-order valence-corrected chi connectivity index (χ1v) is 10.6. The third kappa shape index (κ3) is 5.89. The molecule has 21 heavy (non-hydrogen) atoms. The number of rotatable bonds is 13. The molecular formula is C12H26O7Si2. The van der Waals surface area contributed by atoms with Gasteiger partial charge in [0.25, 0.3) is 0 Å². The van der Waals surface area contributed by atoms with E-state index < -0.39 is 17.6 Å². The first kappa shape index (κ1) is 18.9. The zero-order valence-electron chi connectivity index (χ0n) is 13.3. The lowest BCUT2D eigenvalue weighted by atomic mass is 10.5. The van der Waals surface area contributed by atoms with Crippen molar-refractivity contribution in [3.05, 3.63) is 12.3 Å². The van der Waals surface area contributed by atoms with Gasteiger partial charge in [0.2, 0.25) is 0 Å². The Labute approximate surface area is 128 Å². The molecule has 0 spiro atoms. The van der Waals surface area contributed by atoms with Gasteiger partial charge < -0.3 is 31.3 Å². The van der Waals surface area contributed by atoms with Crippen molar-refractivity contribution in [2.75, 3.05) is 48.3 Å².